The molecule has 0 fully saturated rings. The summed E-state index contributed by atoms with van der Waals surface area (Å²) in [6.07, 6.45) is 0. The Morgan fingerprint density at radius 2 is 2.14 bits per heavy atom. The number of rotatable bonds is 1. The lowest BCUT2D eigenvalue weighted by Crippen LogP contribution is -1.86. The largest absolute Gasteiger partial charge is 0.421 e. The van der Waals surface area contributed by atoms with Crippen LogP contribution in [0.15, 0.2) is 27.1 Å². The molecule has 0 spiro atoms. The van der Waals surface area contributed by atoms with Crippen molar-refractivity contribution < 1.29 is 4.42 Å². The van der Waals surface area contributed by atoms with Gasteiger partial charge in [0.2, 0.25) is 11.8 Å². The Bertz CT molecular complexity index is 467. The van der Waals surface area contributed by atoms with E-state index in [1.165, 1.54) is 0 Å². The average Bonchev–Trinajstić information content (AvgIpc) is 2.57. The van der Waals surface area contributed by atoms with Gasteiger partial charge in [-0.1, -0.05) is 0 Å². The van der Waals surface area contributed by atoms with Crippen LogP contribution in [0.5, 0.6) is 0 Å². The van der Waals surface area contributed by atoms with Gasteiger partial charge in [-0.3, -0.25) is 0 Å². The number of nitrogens with two attached hydrogens (primary N) is 1. The number of benzene rings is 1. The van der Waals surface area contributed by atoms with Gasteiger partial charge in [-0.05, 0) is 34.1 Å². The number of hydrogen-bond acceptors (Lipinski definition) is 4. The third-order valence-corrected chi connectivity index (χ3v) is 2.46. The first-order chi connectivity index (χ1) is 6.66. The molecule has 4 nitrogen and oxygen atoms in total. The van der Waals surface area contributed by atoms with Crippen LogP contribution in [0.3, 0.4) is 0 Å². The zero-order valence-electron chi connectivity index (χ0n) is 7.49. The van der Waals surface area contributed by atoms with E-state index in [2.05, 4.69) is 26.1 Å². The number of aryl methyl sites for hydroxylation is 1. The van der Waals surface area contributed by atoms with Crippen molar-refractivity contribution in [1.82, 2.24) is 10.2 Å². The van der Waals surface area contributed by atoms with Gasteiger partial charge in [-0.15, -0.1) is 10.2 Å². The maximum atomic E-state index is 5.66. The summed E-state index contributed by atoms with van der Waals surface area (Å²) in [5.41, 5.74) is 7.20. The molecule has 0 aliphatic rings. The molecular formula is C9H8BrN3O. The lowest BCUT2D eigenvalue weighted by Gasteiger charge is -1.99. The summed E-state index contributed by atoms with van der Waals surface area (Å²) in [6, 6.07) is 5.48. The van der Waals surface area contributed by atoms with E-state index in [9.17, 15) is 0 Å². The van der Waals surface area contributed by atoms with E-state index >= 15 is 0 Å². The highest BCUT2D eigenvalue weighted by Gasteiger charge is 2.06. The molecule has 2 aromatic rings. The van der Waals surface area contributed by atoms with Crippen molar-refractivity contribution in [1.29, 1.82) is 0 Å². The highest BCUT2D eigenvalue weighted by atomic mass is 79.9. The molecule has 1 heterocycles. The molecule has 2 N–H and O–H groups in total. The lowest BCUT2D eigenvalue weighted by atomic mass is 10.2. The minimum atomic E-state index is 0.503. The van der Waals surface area contributed by atoms with Gasteiger partial charge >= 0.3 is 0 Å². The molecule has 0 unspecified atom stereocenters. The summed E-state index contributed by atoms with van der Waals surface area (Å²) in [5, 5.41) is 7.66. The molecule has 5 heteroatoms. The van der Waals surface area contributed by atoms with E-state index in [0.29, 0.717) is 17.5 Å². The number of hydrogen-bond donors (Lipinski definition) is 1. The van der Waals surface area contributed by atoms with E-state index in [4.69, 9.17) is 10.2 Å². The molecule has 0 aliphatic carbocycles. The third-order valence-electron chi connectivity index (χ3n) is 1.77. The Morgan fingerprint density at radius 3 is 2.71 bits per heavy atom. The van der Waals surface area contributed by atoms with Crippen LogP contribution in [0.1, 0.15) is 5.89 Å². The van der Waals surface area contributed by atoms with Gasteiger partial charge < -0.3 is 10.2 Å². The Hall–Kier alpha value is -1.36. The first kappa shape index (κ1) is 9.21. The molecule has 0 radical (unpaired) electrons. The van der Waals surface area contributed by atoms with Crippen LogP contribution in [0.2, 0.25) is 0 Å². The first-order valence-corrected chi connectivity index (χ1v) is 4.81. The Morgan fingerprint density at radius 1 is 1.36 bits per heavy atom. The molecule has 1 aromatic heterocycles. The zero-order valence-corrected chi connectivity index (χ0v) is 9.08. The maximum absolute atomic E-state index is 5.66. The Kier molecular flexibility index (Phi) is 2.25. The quantitative estimate of drug-likeness (QED) is 0.793. The van der Waals surface area contributed by atoms with Crippen molar-refractivity contribution in [2.75, 3.05) is 5.73 Å². The van der Waals surface area contributed by atoms with Crippen LogP contribution in [-0.2, 0) is 0 Å². The van der Waals surface area contributed by atoms with Crippen molar-refractivity contribution in [3.63, 3.8) is 0 Å². The Balaban J connectivity index is 2.47. The van der Waals surface area contributed by atoms with Gasteiger partial charge in [-0.2, -0.15) is 0 Å². The number of nitrogens with zero attached hydrogens (tertiary/aromatic N) is 2. The van der Waals surface area contributed by atoms with E-state index in [0.717, 1.165) is 10.0 Å². The summed E-state index contributed by atoms with van der Waals surface area (Å²) in [4.78, 5) is 0. The van der Waals surface area contributed by atoms with Gasteiger partial charge in [0.05, 0.1) is 0 Å². The number of anilines is 1. The van der Waals surface area contributed by atoms with Crippen LogP contribution in [-0.4, -0.2) is 10.2 Å². The van der Waals surface area contributed by atoms with Crippen molar-refractivity contribution in [3.05, 3.63) is 28.6 Å². The smallest absolute Gasteiger partial charge is 0.247 e. The molecule has 14 heavy (non-hydrogen) atoms. The fourth-order valence-corrected chi connectivity index (χ4v) is 1.45. The summed E-state index contributed by atoms with van der Waals surface area (Å²) in [7, 11) is 0. The fraction of sp³-hybridized carbons (Fsp3) is 0.111. The second-order valence-electron chi connectivity index (χ2n) is 2.86. The number of halogens is 1. The van der Waals surface area contributed by atoms with Gasteiger partial charge in [0.1, 0.15) is 0 Å². The third kappa shape index (κ3) is 1.63. The maximum Gasteiger partial charge on any atom is 0.247 e. The van der Waals surface area contributed by atoms with Crippen LogP contribution in [0.4, 0.5) is 5.69 Å². The zero-order chi connectivity index (χ0) is 10.1. The Labute approximate surface area is 89.3 Å². The standard InChI is InChI=1S/C9H8BrN3O/c1-5-12-13-9(14-5)6-2-3-8(11)7(10)4-6/h2-4H,11H2,1H3. The highest BCUT2D eigenvalue weighted by molar-refractivity contribution is 9.10. The second kappa shape index (κ2) is 3.42. The van der Waals surface area contributed by atoms with E-state index in [-0.39, 0.29) is 0 Å². The molecule has 2 rings (SSSR count). The molecule has 0 amide bonds. The fourth-order valence-electron chi connectivity index (χ4n) is 1.07. The van der Waals surface area contributed by atoms with Crippen molar-refractivity contribution in [2.45, 2.75) is 6.92 Å². The van der Waals surface area contributed by atoms with Crippen LogP contribution in [0, 0.1) is 6.92 Å². The van der Waals surface area contributed by atoms with Gasteiger partial charge in [0, 0.05) is 22.6 Å². The van der Waals surface area contributed by atoms with Crippen molar-refractivity contribution in [2.24, 2.45) is 0 Å². The molecule has 0 atom stereocenters. The van der Waals surface area contributed by atoms with Gasteiger partial charge in [0.15, 0.2) is 0 Å². The van der Waals surface area contributed by atoms with Crippen LogP contribution < -0.4 is 5.73 Å². The van der Waals surface area contributed by atoms with E-state index in [1.54, 1.807) is 13.0 Å². The predicted octanol–water partition coefficient (Wildman–Crippen LogP) is 2.39. The molecular weight excluding hydrogens is 246 g/mol. The minimum absolute atomic E-state index is 0.503. The molecule has 72 valence electrons. The topological polar surface area (TPSA) is 64.9 Å². The number of aromatic nitrogens is 2. The predicted molar refractivity (Wildman–Crippen MR) is 56.6 cm³/mol. The lowest BCUT2D eigenvalue weighted by molar-refractivity contribution is 0.533. The molecule has 1 aromatic carbocycles. The van der Waals surface area contributed by atoms with Crippen molar-refractivity contribution in [3.8, 4) is 11.5 Å². The number of nitrogen functional groups attached to an aromatic ring is 1. The van der Waals surface area contributed by atoms with Crippen molar-refractivity contribution >= 4 is 21.6 Å². The normalized spacial score (nSPS) is 10.4. The van der Waals surface area contributed by atoms with E-state index < -0.39 is 0 Å². The second-order valence-corrected chi connectivity index (χ2v) is 3.72. The van der Waals surface area contributed by atoms with Gasteiger partial charge in [0.25, 0.3) is 0 Å². The summed E-state index contributed by atoms with van der Waals surface area (Å²) < 4.78 is 6.11. The van der Waals surface area contributed by atoms with E-state index in [1.807, 2.05) is 12.1 Å². The van der Waals surface area contributed by atoms with Crippen LogP contribution in [0.25, 0.3) is 11.5 Å². The molecule has 0 saturated heterocycles. The summed E-state index contributed by atoms with van der Waals surface area (Å²) in [6.45, 7) is 1.75. The summed E-state index contributed by atoms with van der Waals surface area (Å²) in [5.74, 6) is 1.05. The molecule has 0 aliphatic heterocycles. The highest BCUT2D eigenvalue weighted by Crippen LogP contribution is 2.26. The SMILES string of the molecule is Cc1nnc(-c2ccc(N)c(Br)c2)o1. The minimum Gasteiger partial charge on any atom is -0.421 e. The molecule has 0 bridgehead atoms. The average molecular weight is 254 g/mol. The molecule has 0 saturated carbocycles. The first-order valence-electron chi connectivity index (χ1n) is 4.02. The van der Waals surface area contributed by atoms with Gasteiger partial charge in [-0.25, -0.2) is 0 Å². The summed E-state index contributed by atoms with van der Waals surface area (Å²) >= 11 is 3.34. The van der Waals surface area contributed by atoms with Crippen LogP contribution >= 0.6 is 15.9 Å². The monoisotopic (exact) mass is 253 g/mol.